The van der Waals surface area contributed by atoms with Gasteiger partial charge in [0.25, 0.3) is 5.56 Å². The first-order chi connectivity index (χ1) is 15.0. The highest BCUT2D eigenvalue weighted by Gasteiger charge is 2.17. The zero-order valence-corrected chi connectivity index (χ0v) is 17.3. The van der Waals surface area contributed by atoms with Crippen molar-refractivity contribution in [2.75, 3.05) is 0 Å². The Labute approximate surface area is 180 Å². The van der Waals surface area contributed by atoms with E-state index >= 15 is 0 Å². The SMILES string of the molecule is O=C(CCn1c(=O)c2sccc2n(CC(=O)c2ccccc2)c1=O)NCc1ccco1. The molecule has 0 saturated carbocycles. The van der Waals surface area contributed by atoms with E-state index in [1.807, 2.05) is 0 Å². The fraction of sp³-hybridized carbons (Fsp3) is 0.182. The maximum absolute atomic E-state index is 13.1. The standard InChI is InChI=1S/C22H19N3O5S/c26-18(15-5-2-1-3-6-15)14-25-17-9-12-31-20(17)21(28)24(22(25)29)10-8-19(27)23-13-16-7-4-11-30-16/h1-7,9,11-12H,8,10,13-14H2,(H,23,27). The number of amides is 1. The van der Waals surface area contributed by atoms with E-state index in [1.54, 1.807) is 53.9 Å². The molecule has 0 spiro atoms. The molecular formula is C22H19N3O5S. The van der Waals surface area contributed by atoms with Crippen molar-refractivity contribution in [3.05, 3.63) is 92.3 Å². The first kappa shape index (κ1) is 20.5. The zero-order valence-electron chi connectivity index (χ0n) is 16.4. The normalized spacial score (nSPS) is 11.0. The number of nitrogens with one attached hydrogen (secondary N) is 1. The van der Waals surface area contributed by atoms with Gasteiger partial charge in [0.2, 0.25) is 5.91 Å². The van der Waals surface area contributed by atoms with Crippen LogP contribution < -0.4 is 16.6 Å². The van der Waals surface area contributed by atoms with Crippen molar-refractivity contribution in [2.45, 2.75) is 26.1 Å². The molecule has 1 amide bonds. The highest BCUT2D eigenvalue weighted by molar-refractivity contribution is 7.17. The number of carbonyl (C=O) groups excluding carboxylic acids is 2. The topological polar surface area (TPSA) is 103 Å². The summed E-state index contributed by atoms with van der Waals surface area (Å²) in [4.78, 5) is 50.7. The molecule has 0 saturated heterocycles. The van der Waals surface area contributed by atoms with Crippen LogP contribution in [-0.4, -0.2) is 20.8 Å². The number of Topliss-reactive ketones (excluding diaryl/α,β-unsaturated/α-hetero) is 1. The number of furan rings is 1. The molecule has 31 heavy (non-hydrogen) atoms. The van der Waals surface area contributed by atoms with Gasteiger partial charge in [-0.3, -0.25) is 23.5 Å². The van der Waals surface area contributed by atoms with Crippen LogP contribution in [0.25, 0.3) is 10.2 Å². The molecule has 8 nitrogen and oxygen atoms in total. The molecule has 3 heterocycles. The number of ketones is 1. The van der Waals surface area contributed by atoms with Crippen LogP contribution in [0.4, 0.5) is 0 Å². The largest absolute Gasteiger partial charge is 0.467 e. The highest BCUT2D eigenvalue weighted by atomic mass is 32.1. The lowest BCUT2D eigenvalue weighted by atomic mass is 10.1. The lowest BCUT2D eigenvalue weighted by molar-refractivity contribution is -0.121. The van der Waals surface area contributed by atoms with Crippen LogP contribution in [0.15, 0.2) is 74.2 Å². The smallest absolute Gasteiger partial charge is 0.331 e. The number of aromatic nitrogens is 2. The summed E-state index contributed by atoms with van der Waals surface area (Å²) in [6.45, 7) is -0.0590. The van der Waals surface area contributed by atoms with E-state index in [0.717, 1.165) is 4.57 Å². The first-order valence-corrected chi connectivity index (χ1v) is 10.5. The lowest BCUT2D eigenvalue weighted by Crippen LogP contribution is -2.41. The zero-order chi connectivity index (χ0) is 21.8. The summed E-state index contributed by atoms with van der Waals surface area (Å²) in [5.41, 5.74) is -0.174. The van der Waals surface area contributed by atoms with Crippen molar-refractivity contribution >= 4 is 33.2 Å². The molecule has 0 aliphatic carbocycles. The minimum Gasteiger partial charge on any atom is -0.467 e. The average molecular weight is 437 g/mol. The van der Waals surface area contributed by atoms with E-state index < -0.39 is 11.2 Å². The van der Waals surface area contributed by atoms with Gasteiger partial charge in [-0.15, -0.1) is 11.3 Å². The van der Waals surface area contributed by atoms with Crippen molar-refractivity contribution < 1.29 is 14.0 Å². The van der Waals surface area contributed by atoms with Gasteiger partial charge in [0.1, 0.15) is 10.5 Å². The monoisotopic (exact) mass is 437 g/mol. The summed E-state index contributed by atoms with van der Waals surface area (Å²) in [5.74, 6) is 0.0461. The number of hydrogen-bond donors (Lipinski definition) is 1. The van der Waals surface area contributed by atoms with Gasteiger partial charge in [-0.25, -0.2) is 4.79 Å². The maximum atomic E-state index is 13.1. The summed E-state index contributed by atoms with van der Waals surface area (Å²) in [6, 6.07) is 13.8. The molecule has 4 rings (SSSR count). The fourth-order valence-electron chi connectivity index (χ4n) is 3.24. The van der Waals surface area contributed by atoms with Crippen molar-refractivity contribution in [2.24, 2.45) is 0 Å². The van der Waals surface area contributed by atoms with Crippen molar-refractivity contribution in [1.82, 2.24) is 14.5 Å². The molecule has 1 N–H and O–H groups in total. The molecule has 0 radical (unpaired) electrons. The van der Waals surface area contributed by atoms with Crippen molar-refractivity contribution in [3.8, 4) is 0 Å². The summed E-state index contributed by atoms with van der Waals surface area (Å²) in [7, 11) is 0. The van der Waals surface area contributed by atoms with Gasteiger partial charge in [-0.2, -0.15) is 0 Å². The van der Waals surface area contributed by atoms with Crippen LogP contribution in [0.2, 0.25) is 0 Å². The third-order valence-electron chi connectivity index (χ3n) is 4.84. The molecule has 0 fully saturated rings. The van der Waals surface area contributed by atoms with Crippen LogP contribution in [-0.2, 0) is 24.4 Å². The second-order valence-electron chi connectivity index (χ2n) is 6.86. The number of fused-ring (bicyclic) bond motifs is 1. The molecule has 9 heteroatoms. The van der Waals surface area contributed by atoms with Gasteiger partial charge in [0.15, 0.2) is 5.78 Å². The number of thiophene rings is 1. The average Bonchev–Trinajstić information content (AvgIpc) is 3.48. The van der Waals surface area contributed by atoms with Gasteiger partial charge in [-0.05, 0) is 23.6 Å². The Balaban J connectivity index is 1.57. The molecule has 0 bridgehead atoms. The Kier molecular flexibility index (Phi) is 5.94. The Morgan fingerprint density at radius 2 is 1.81 bits per heavy atom. The van der Waals surface area contributed by atoms with Crippen LogP contribution in [0.5, 0.6) is 0 Å². The molecule has 0 unspecified atom stereocenters. The molecule has 158 valence electrons. The molecule has 4 aromatic rings. The minimum atomic E-state index is -0.612. The molecule has 0 aliphatic rings. The highest BCUT2D eigenvalue weighted by Crippen LogP contribution is 2.16. The summed E-state index contributed by atoms with van der Waals surface area (Å²) < 4.78 is 7.84. The number of carbonyl (C=O) groups is 2. The third-order valence-corrected chi connectivity index (χ3v) is 5.73. The third kappa shape index (κ3) is 4.41. The number of benzene rings is 1. The van der Waals surface area contributed by atoms with Gasteiger partial charge < -0.3 is 9.73 Å². The Bertz CT molecular complexity index is 1330. The first-order valence-electron chi connectivity index (χ1n) is 9.63. The quantitative estimate of drug-likeness (QED) is 0.427. The lowest BCUT2D eigenvalue weighted by Gasteiger charge is -2.12. The predicted octanol–water partition coefficient (Wildman–Crippen LogP) is 2.41. The van der Waals surface area contributed by atoms with Gasteiger partial charge in [-0.1, -0.05) is 30.3 Å². The molecule has 3 aromatic heterocycles. The number of rotatable bonds is 8. The van der Waals surface area contributed by atoms with Crippen LogP contribution in [0, 0.1) is 0 Å². The van der Waals surface area contributed by atoms with Gasteiger partial charge >= 0.3 is 5.69 Å². The van der Waals surface area contributed by atoms with E-state index in [0.29, 0.717) is 21.5 Å². The van der Waals surface area contributed by atoms with Crippen LogP contribution in [0.3, 0.4) is 0 Å². The summed E-state index contributed by atoms with van der Waals surface area (Å²) in [5, 5.41) is 4.39. The molecule has 1 aromatic carbocycles. The number of hydrogen-bond acceptors (Lipinski definition) is 6. The Morgan fingerprint density at radius 3 is 2.55 bits per heavy atom. The van der Waals surface area contributed by atoms with E-state index in [-0.39, 0.29) is 37.7 Å². The Hall–Kier alpha value is -3.72. The molecule has 0 atom stereocenters. The van der Waals surface area contributed by atoms with Crippen molar-refractivity contribution in [3.63, 3.8) is 0 Å². The van der Waals surface area contributed by atoms with Gasteiger partial charge in [0.05, 0.1) is 24.9 Å². The second kappa shape index (κ2) is 8.97. The minimum absolute atomic E-state index is 0.0562. The molecular weight excluding hydrogens is 418 g/mol. The summed E-state index contributed by atoms with van der Waals surface area (Å²) >= 11 is 1.20. The van der Waals surface area contributed by atoms with E-state index in [9.17, 15) is 19.2 Å². The Morgan fingerprint density at radius 1 is 1.00 bits per heavy atom. The van der Waals surface area contributed by atoms with E-state index in [2.05, 4.69) is 5.32 Å². The van der Waals surface area contributed by atoms with Crippen LogP contribution in [0.1, 0.15) is 22.5 Å². The van der Waals surface area contributed by atoms with E-state index in [1.165, 1.54) is 22.2 Å². The van der Waals surface area contributed by atoms with Crippen molar-refractivity contribution in [1.29, 1.82) is 0 Å². The summed E-state index contributed by atoms with van der Waals surface area (Å²) in [6.07, 6.45) is 1.45. The second-order valence-corrected chi connectivity index (χ2v) is 7.77. The number of nitrogens with zero attached hydrogens (tertiary/aromatic N) is 2. The molecule has 0 aliphatic heterocycles. The predicted molar refractivity (Wildman–Crippen MR) is 116 cm³/mol. The van der Waals surface area contributed by atoms with Crippen LogP contribution >= 0.6 is 11.3 Å². The van der Waals surface area contributed by atoms with Gasteiger partial charge in [0, 0.05) is 18.5 Å². The van der Waals surface area contributed by atoms with E-state index in [4.69, 9.17) is 4.42 Å². The fourth-order valence-corrected chi connectivity index (χ4v) is 4.09. The maximum Gasteiger partial charge on any atom is 0.331 e.